The minimum Gasteiger partial charge on any atom is -0.497 e. The average molecular weight is 336 g/mol. The molecule has 22 heavy (non-hydrogen) atoms. The van der Waals surface area contributed by atoms with Gasteiger partial charge in [-0.25, -0.2) is 4.98 Å². The maximum absolute atomic E-state index is 6.01. The molecule has 0 aliphatic heterocycles. The van der Waals surface area contributed by atoms with E-state index in [9.17, 15) is 0 Å². The number of benzene rings is 1. The van der Waals surface area contributed by atoms with Gasteiger partial charge in [0, 0.05) is 28.8 Å². The number of thiophene rings is 1. The van der Waals surface area contributed by atoms with E-state index in [4.69, 9.17) is 21.1 Å². The lowest BCUT2D eigenvalue weighted by atomic mass is 10.2. The molecule has 7 heteroatoms. The molecular weight excluding hydrogens is 322 g/mol. The highest BCUT2D eigenvalue weighted by molar-refractivity contribution is 7.18. The van der Waals surface area contributed by atoms with Crippen molar-refractivity contribution < 1.29 is 9.47 Å². The van der Waals surface area contributed by atoms with Crippen LogP contribution in [-0.2, 0) is 0 Å². The summed E-state index contributed by atoms with van der Waals surface area (Å²) in [5.74, 6) is 2.05. The first-order valence-corrected chi connectivity index (χ1v) is 7.72. The Morgan fingerprint density at radius 3 is 2.36 bits per heavy atom. The van der Waals surface area contributed by atoms with E-state index in [2.05, 4.69) is 15.3 Å². The predicted octanol–water partition coefficient (Wildman–Crippen LogP) is 4.41. The van der Waals surface area contributed by atoms with Gasteiger partial charge in [-0.05, 0) is 24.6 Å². The molecule has 2 heterocycles. The molecule has 0 unspecified atom stereocenters. The van der Waals surface area contributed by atoms with Crippen molar-refractivity contribution in [3.05, 3.63) is 34.4 Å². The fraction of sp³-hybridized carbons (Fsp3) is 0.200. The second-order valence-corrected chi connectivity index (χ2v) is 6.22. The van der Waals surface area contributed by atoms with Crippen LogP contribution in [0.2, 0.25) is 5.28 Å². The summed E-state index contributed by atoms with van der Waals surface area (Å²) in [6, 6.07) is 7.58. The number of nitrogens with one attached hydrogen (secondary N) is 1. The van der Waals surface area contributed by atoms with Gasteiger partial charge in [0.2, 0.25) is 5.28 Å². The zero-order chi connectivity index (χ0) is 15.7. The Labute approximate surface area is 136 Å². The summed E-state index contributed by atoms with van der Waals surface area (Å²) in [7, 11) is 3.22. The fourth-order valence-electron chi connectivity index (χ4n) is 2.13. The van der Waals surface area contributed by atoms with Gasteiger partial charge in [0.05, 0.1) is 19.6 Å². The van der Waals surface area contributed by atoms with Crippen molar-refractivity contribution in [1.82, 2.24) is 9.97 Å². The van der Waals surface area contributed by atoms with Crippen LogP contribution in [0, 0.1) is 6.92 Å². The number of halogens is 1. The summed E-state index contributed by atoms with van der Waals surface area (Å²) in [4.78, 5) is 10.5. The maximum atomic E-state index is 6.01. The van der Waals surface area contributed by atoms with Crippen LogP contribution in [0.15, 0.2) is 24.3 Å². The Hall–Kier alpha value is -2.05. The largest absolute Gasteiger partial charge is 0.497 e. The van der Waals surface area contributed by atoms with Crippen molar-refractivity contribution in [2.45, 2.75) is 6.92 Å². The number of aryl methyl sites for hydroxylation is 1. The van der Waals surface area contributed by atoms with E-state index in [0.29, 0.717) is 17.3 Å². The van der Waals surface area contributed by atoms with E-state index in [1.54, 1.807) is 25.6 Å². The number of aromatic nitrogens is 2. The summed E-state index contributed by atoms with van der Waals surface area (Å²) < 4.78 is 10.5. The SMILES string of the molecule is COc1cc(Nc2nc(Cl)nc3sc(C)cc23)cc(OC)c1. The lowest BCUT2D eigenvalue weighted by Gasteiger charge is -2.11. The first-order chi connectivity index (χ1) is 10.6. The second kappa shape index (κ2) is 5.98. The Morgan fingerprint density at radius 2 is 1.73 bits per heavy atom. The highest BCUT2D eigenvalue weighted by Gasteiger charge is 2.11. The molecule has 0 saturated carbocycles. The van der Waals surface area contributed by atoms with Crippen molar-refractivity contribution in [2.24, 2.45) is 0 Å². The molecule has 0 aliphatic rings. The second-order valence-electron chi connectivity index (χ2n) is 4.64. The van der Waals surface area contributed by atoms with Crippen LogP contribution in [0.25, 0.3) is 10.2 Å². The first-order valence-electron chi connectivity index (χ1n) is 6.53. The summed E-state index contributed by atoms with van der Waals surface area (Å²) in [6.07, 6.45) is 0. The number of hydrogen-bond acceptors (Lipinski definition) is 6. The van der Waals surface area contributed by atoms with Crippen LogP contribution in [0.1, 0.15) is 4.88 Å². The standard InChI is InChI=1S/C15H14ClN3O2S/c1-8-4-12-13(18-15(16)19-14(12)22-8)17-9-5-10(20-2)7-11(6-9)21-3/h4-7H,1-3H3,(H,17,18,19). The molecule has 3 aromatic rings. The summed E-state index contributed by atoms with van der Waals surface area (Å²) in [5.41, 5.74) is 0.802. The number of methoxy groups -OCH3 is 2. The van der Waals surface area contributed by atoms with Gasteiger partial charge in [0.25, 0.3) is 0 Å². The molecule has 0 aliphatic carbocycles. The predicted molar refractivity (Wildman–Crippen MR) is 90.0 cm³/mol. The van der Waals surface area contributed by atoms with Gasteiger partial charge in [-0.15, -0.1) is 11.3 Å². The topological polar surface area (TPSA) is 56.3 Å². The van der Waals surface area contributed by atoms with E-state index >= 15 is 0 Å². The zero-order valence-electron chi connectivity index (χ0n) is 12.3. The van der Waals surface area contributed by atoms with Gasteiger partial charge in [-0.2, -0.15) is 4.98 Å². The molecule has 5 nitrogen and oxygen atoms in total. The molecule has 0 bridgehead atoms. The van der Waals surface area contributed by atoms with Crippen LogP contribution < -0.4 is 14.8 Å². The molecule has 114 valence electrons. The van der Waals surface area contributed by atoms with E-state index in [1.165, 1.54) is 0 Å². The van der Waals surface area contributed by atoms with Crippen LogP contribution >= 0.6 is 22.9 Å². The quantitative estimate of drug-likeness (QED) is 0.715. The molecule has 0 radical (unpaired) electrons. The minimum atomic E-state index is 0.215. The fourth-order valence-corrected chi connectivity index (χ4v) is 3.23. The number of ether oxygens (including phenoxy) is 2. The zero-order valence-corrected chi connectivity index (χ0v) is 13.9. The summed E-state index contributed by atoms with van der Waals surface area (Å²) in [5, 5.41) is 4.41. The van der Waals surface area contributed by atoms with Crippen molar-refractivity contribution in [2.75, 3.05) is 19.5 Å². The van der Waals surface area contributed by atoms with E-state index in [-0.39, 0.29) is 5.28 Å². The third-order valence-corrected chi connectivity index (χ3v) is 4.22. The molecule has 3 rings (SSSR count). The van der Waals surface area contributed by atoms with Crippen LogP contribution in [-0.4, -0.2) is 24.2 Å². The Kier molecular flexibility index (Phi) is 4.04. The van der Waals surface area contributed by atoms with Crippen molar-refractivity contribution >= 4 is 44.7 Å². The smallest absolute Gasteiger partial charge is 0.225 e. The van der Waals surface area contributed by atoms with Crippen molar-refractivity contribution in [1.29, 1.82) is 0 Å². The molecule has 0 saturated heterocycles. The first kappa shape index (κ1) is 14.9. The average Bonchev–Trinajstić information content (AvgIpc) is 2.87. The number of rotatable bonds is 4. The van der Waals surface area contributed by atoms with E-state index < -0.39 is 0 Å². The Balaban J connectivity index is 2.06. The number of fused-ring (bicyclic) bond motifs is 1. The molecule has 2 aromatic heterocycles. The third-order valence-electron chi connectivity index (χ3n) is 3.10. The summed E-state index contributed by atoms with van der Waals surface area (Å²) >= 11 is 7.59. The Morgan fingerprint density at radius 1 is 1.05 bits per heavy atom. The van der Waals surface area contributed by atoms with Crippen LogP contribution in [0.4, 0.5) is 11.5 Å². The highest BCUT2D eigenvalue weighted by Crippen LogP contribution is 2.33. The van der Waals surface area contributed by atoms with Crippen LogP contribution in [0.5, 0.6) is 11.5 Å². The van der Waals surface area contributed by atoms with Gasteiger partial charge in [-0.1, -0.05) is 0 Å². The Bertz CT molecular complexity index is 813. The van der Waals surface area contributed by atoms with Crippen LogP contribution in [0.3, 0.4) is 0 Å². The van der Waals surface area contributed by atoms with Crippen molar-refractivity contribution in [3.63, 3.8) is 0 Å². The minimum absolute atomic E-state index is 0.215. The maximum Gasteiger partial charge on any atom is 0.225 e. The normalized spacial score (nSPS) is 10.7. The molecule has 1 N–H and O–H groups in total. The number of hydrogen-bond donors (Lipinski definition) is 1. The lowest BCUT2D eigenvalue weighted by Crippen LogP contribution is -1.97. The molecule has 0 atom stereocenters. The van der Waals surface area contributed by atoms with Crippen molar-refractivity contribution in [3.8, 4) is 11.5 Å². The molecule has 0 spiro atoms. The van der Waals surface area contributed by atoms with E-state index in [1.807, 2.05) is 31.2 Å². The molecule has 0 fully saturated rings. The molecule has 0 amide bonds. The monoisotopic (exact) mass is 335 g/mol. The van der Waals surface area contributed by atoms with Gasteiger partial charge in [-0.3, -0.25) is 0 Å². The van der Waals surface area contributed by atoms with E-state index in [0.717, 1.165) is 20.8 Å². The summed E-state index contributed by atoms with van der Waals surface area (Å²) in [6.45, 7) is 2.03. The van der Waals surface area contributed by atoms with Gasteiger partial charge >= 0.3 is 0 Å². The highest BCUT2D eigenvalue weighted by atomic mass is 35.5. The van der Waals surface area contributed by atoms with Gasteiger partial charge in [0.15, 0.2) is 0 Å². The number of anilines is 2. The molecule has 1 aromatic carbocycles. The lowest BCUT2D eigenvalue weighted by molar-refractivity contribution is 0.395. The molecular formula is C15H14ClN3O2S. The van der Waals surface area contributed by atoms with Gasteiger partial charge < -0.3 is 14.8 Å². The van der Waals surface area contributed by atoms with Gasteiger partial charge in [0.1, 0.15) is 22.1 Å². The third kappa shape index (κ3) is 2.93. The number of nitrogens with zero attached hydrogens (tertiary/aromatic N) is 2.